The van der Waals surface area contributed by atoms with Crippen LogP contribution in [0.1, 0.15) is 41.8 Å². The largest absolute Gasteiger partial charge is 0.432 e. The molecule has 37 heavy (non-hydrogen) atoms. The summed E-state index contributed by atoms with van der Waals surface area (Å²) >= 11 is 3.65. The monoisotopic (exact) mass is 584 g/mol. The molecule has 1 fully saturated rings. The van der Waals surface area contributed by atoms with Crippen molar-refractivity contribution in [2.45, 2.75) is 63.3 Å². The number of fused-ring (bicyclic) bond motifs is 2. The minimum Gasteiger partial charge on any atom is -0.432 e. The highest BCUT2D eigenvalue weighted by Crippen LogP contribution is 2.60. The smallest absolute Gasteiger partial charge is 0.264 e. The Hall–Kier alpha value is -2.37. The molecule has 0 bridgehead atoms. The Bertz CT molecular complexity index is 1330. The SMILES string of the molecule is Cc1cc(Br)c2c(c1)[C@]1(O[C@@H](CCn3cc([C@H](O)c4ccccc4)nn3)[C@H]([Si](C)(C)O)[C@H]1C)C(=O)N2C. The Balaban J connectivity index is 1.43. The zero-order chi connectivity index (χ0) is 26.7. The number of aromatic nitrogens is 3. The number of aliphatic hydroxyl groups is 1. The van der Waals surface area contributed by atoms with E-state index in [0.29, 0.717) is 18.7 Å². The Labute approximate surface area is 226 Å². The third-order valence-electron chi connectivity index (χ3n) is 7.89. The molecule has 1 aromatic heterocycles. The molecule has 10 heteroatoms. The zero-order valence-corrected chi connectivity index (χ0v) is 24.3. The normalized spacial score (nSPS) is 26.2. The average molecular weight is 586 g/mol. The van der Waals surface area contributed by atoms with Crippen molar-refractivity contribution in [3.63, 3.8) is 0 Å². The van der Waals surface area contributed by atoms with Crippen molar-refractivity contribution >= 4 is 35.8 Å². The summed E-state index contributed by atoms with van der Waals surface area (Å²) in [6.07, 6.45) is 1.10. The van der Waals surface area contributed by atoms with E-state index >= 15 is 0 Å². The first-order chi connectivity index (χ1) is 17.4. The van der Waals surface area contributed by atoms with E-state index < -0.39 is 20.0 Å². The number of aryl methyl sites for hydroxylation is 2. The fraction of sp³-hybridized carbons (Fsp3) is 0.444. The number of amides is 1. The van der Waals surface area contributed by atoms with Crippen LogP contribution in [0.25, 0.3) is 0 Å². The number of rotatable bonds is 6. The van der Waals surface area contributed by atoms with Gasteiger partial charge in [0.2, 0.25) is 0 Å². The molecule has 2 aliphatic rings. The van der Waals surface area contributed by atoms with Gasteiger partial charge < -0.3 is 19.5 Å². The number of carbonyl (C=O) groups is 1. The van der Waals surface area contributed by atoms with Crippen molar-refractivity contribution in [2.24, 2.45) is 5.92 Å². The molecule has 2 N–H and O–H groups in total. The summed E-state index contributed by atoms with van der Waals surface area (Å²) < 4.78 is 9.33. The molecule has 1 saturated heterocycles. The van der Waals surface area contributed by atoms with Crippen LogP contribution in [-0.2, 0) is 21.7 Å². The van der Waals surface area contributed by atoms with Gasteiger partial charge in [-0.3, -0.25) is 9.48 Å². The second-order valence-electron chi connectivity index (χ2n) is 10.9. The van der Waals surface area contributed by atoms with Gasteiger partial charge in [-0.05, 0) is 59.6 Å². The lowest BCUT2D eigenvalue weighted by Crippen LogP contribution is -2.45. The summed E-state index contributed by atoms with van der Waals surface area (Å²) in [5.41, 5.74) is 2.65. The van der Waals surface area contributed by atoms with Gasteiger partial charge in [-0.25, -0.2) is 0 Å². The Morgan fingerprint density at radius 1 is 1.24 bits per heavy atom. The summed E-state index contributed by atoms with van der Waals surface area (Å²) in [4.78, 5) is 26.9. The van der Waals surface area contributed by atoms with Gasteiger partial charge in [0.05, 0.1) is 18.0 Å². The van der Waals surface area contributed by atoms with E-state index in [9.17, 15) is 14.7 Å². The predicted octanol–water partition coefficient (Wildman–Crippen LogP) is 4.30. The minimum absolute atomic E-state index is 0.0962. The van der Waals surface area contributed by atoms with Crippen molar-refractivity contribution in [3.05, 3.63) is 75.5 Å². The highest BCUT2D eigenvalue weighted by atomic mass is 79.9. The van der Waals surface area contributed by atoms with E-state index in [1.165, 1.54) is 0 Å². The standard InChI is InChI=1S/C27H33BrN4O4Si/c1-16-13-19-23(20(28)14-16)31(3)26(34)27(19)17(2)25(37(4,5)35)22(36-27)11-12-32-15-21(29-30-32)24(33)18-9-7-6-8-10-18/h6-10,13-15,17,22,24-25,33,35H,11-12H2,1-5H3/t17-,22+,24-,25-,27+/m1/s1. The van der Waals surface area contributed by atoms with Crippen LogP contribution in [-0.4, -0.2) is 52.3 Å². The number of ether oxygens (including phenoxy) is 1. The summed E-state index contributed by atoms with van der Waals surface area (Å²) in [6, 6.07) is 13.4. The number of anilines is 1. The molecule has 1 spiro atoms. The highest BCUT2D eigenvalue weighted by Gasteiger charge is 2.66. The molecule has 5 rings (SSSR count). The second-order valence-corrected chi connectivity index (χ2v) is 15.7. The molecule has 2 aliphatic heterocycles. The quantitative estimate of drug-likeness (QED) is 0.419. The van der Waals surface area contributed by atoms with Crippen molar-refractivity contribution < 1.29 is 19.4 Å². The van der Waals surface area contributed by atoms with E-state index in [2.05, 4.69) is 26.2 Å². The van der Waals surface area contributed by atoms with Crippen molar-refractivity contribution in [1.82, 2.24) is 15.0 Å². The van der Waals surface area contributed by atoms with Crippen molar-refractivity contribution in [2.75, 3.05) is 11.9 Å². The Morgan fingerprint density at radius 3 is 2.62 bits per heavy atom. The first-order valence-corrected chi connectivity index (χ1v) is 16.4. The number of carbonyl (C=O) groups excluding carboxylic acids is 1. The van der Waals surface area contributed by atoms with Gasteiger partial charge in [-0.2, -0.15) is 0 Å². The van der Waals surface area contributed by atoms with Crippen LogP contribution in [0.2, 0.25) is 18.6 Å². The maximum atomic E-state index is 13.8. The summed E-state index contributed by atoms with van der Waals surface area (Å²) in [5, 5.41) is 19.1. The maximum Gasteiger partial charge on any atom is 0.264 e. The Morgan fingerprint density at radius 2 is 1.95 bits per heavy atom. The molecule has 3 aromatic rings. The van der Waals surface area contributed by atoms with Gasteiger partial charge in [0.25, 0.3) is 5.91 Å². The lowest BCUT2D eigenvalue weighted by molar-refractivity contribution is -0.145. The lowest BCUT2D eigenvalue weighted by Gasteiger charge is -2.32. The van der Waals surface area contributed by atoms with Crippen LogP contribution >= 0.6 is 15.9 Å². The molecule has 3 heterocycles. The molecule has 5 atom stereocenters. The first-order valence-electron chi connectivity index (χ1n) is 12.6. The Kier molecular flexibility index (Phi) is 6.69. The number of hydrogen-bond acceptors (Lipinski definition) is 6. The summed E-state index contributed by atoms with van der Waals surface area (Å²) in [5.74, 6) is -0.304. The second kappa shape index (κ2) is 9.43. The van der Waals surface area contributed by atoms with Gasteiger partial charge >= 0.3 is 0 Å². The van der Waals surface area contributed by atoms with E-state index in [0.717, 1.165) is 26.9 Å². The van der Waals surface area contributed by atoms with Crippen LogP contribution in [0, 0.1) is 12.8 Å². The number of benzene rings is 2. The number of halogens is 1. The van der Waals surface area contributed by atoms with Crippen LogP contribution in [0.15, 0.2) is 53.1 Å². The van der Waals surface area contributed by atoms with Crippen LogP contribution in [0.5, 0.6) is 0 Å². The topological polar surface area (TPSA) is 101 Å². The van der Waals surface area contributed by atoms with E-state index in [4.69, 9.17) is 4.74 Å². The third kappa shape index (κ3) is 4.28. The number of aliphatic hydroxyl groups excluding tert-OH is 1. The molecular formula is C27H33BrN4O4Si. The van der Waals surface area contributed by atoms with Crippen molar-refractivity contribution in [1.29, 1.82) is 0 Å². The fourth-order valence-corrected chi connectivity index (χ4v) is 9.73. The zero-order valence-electron chi connectivity index (χ0n) is 21.7. The van der Waals surface area contributed by atoms with Crippen LogP contribution in [0.3, 0.4) is 0 Å². The van der Waals surface area contributed by atoms with Crippen LogP contribution in [0.4, 0.5) is 5.69 Å². The first kappa shape index (κ1) is 26.2. The number of hydrogen-bond donors (Lipinski definition) is 2. The summed E-state index contributed by atoms with van der Waals surface area (Å²) in [6.45, 7) is 8.37. The molecule has 8 nitrogen and oxygen atoms in total. The molecule has 2 aromatic carbocycles. The predicted molar refractivity (Wildman–Crippen MR) is 147 cm³/mol. The van der Waals surface area contributed by atoms with E-state index in [-0.39, 0.29) is 23.5 Å². The maximum absolute atomic E-state index is 13.8. The number of likely N-dealkylation sites (N-methyl/N-ethyl adjacent to an activating group) is 1. The van der Waals surface area contributed by atoms with Gasteiger partial charge in [0.15, 0.2) is 13.9 Å². The molecule has 0 aliphatic carbocycles. The fourth-order valence-electron chi connectivity index (χ4n) is 6.29. The molecule has 0 unspecified atom stereocenters. The van der Waals surface area contributed by atoms with Gasteiger partial charge in [0.1, 0.15) is 11.8 Å². The number of nitrogens with zero attached hydrogens (tertiary/aromatic N) is 4. The molecule has 0 radical (unpaired) electrons. The third-order valence-corrected chi connectivity index (χ3v) is 11.0. The molecule has 1 amide bonds. The van der Waals surface area contributed by atoms with E-state index in [1.54, 1.807) is 22.8 Å². The van der Waals surface area contributed by atoms with Crippen molar-refractivity contribution in [3.8, 4) is 0 Å². The highest BCUT2D eigenvalue weighted by molar-refractivity contribution is 9.10. The molecule has 196 valence electrons. The van der Waals surface area contributed by atoms with Gasteiger partial charge in [0, 0.05) is 35.1 Å². The summed E-state index contributed by atoms with van der Waals surface area (Å²) in [7, 11) is -0.949. The van der Waals surface area contributed by atoms with Gasteiger partial charge in [-0.15, -0.1) is 5.10 Å². The van der Waals surface area contributed by atoms with Crippen LogP contribution < -0.4 is 4.90 Å². The minimum atomic E-state index is -2.73. The molecular weight excluding hydrogens is 552 g/mol. The average Bonchev–Trinajstić information content (AvgIpc) is 3.49. The lowest BCUT2D eigenvalue weighted by atomic mass is 9.82. The molecule has 0 saturated carbocycles. The van der Waals surface area contributed by atoms with E-state index in [1.807, 2.05) is 69.4 Å². The van der Waals surface area contributed by atoms with Gasteiger partial charge in [-0.1, -0.05) is 48.5 Å².